The standard InChI is InChI=1S/C18H20BrNOS.C3H8/c1-6-14(19)17(18-12(3)9-10-22-18)20-16-11(2)7-8-15(21-5)13(16)4;1-3-2/h6-10,20H,3H2,1-2,4-5H3;3H2,1-2H3/b14-6+,18-17-;. The Hall–Kier alpha value is -1.52. The van der Waals surface area contributed by atoms with Gasteiger partial charge < -0.3 is 10.1 Å². The maximum atomic E-state index is 5.44. The van der Waals surface area contributed by atoms with E-state index in [0.717, 1.165) is 36.9 Å². The molecule has 0 fully saturated rings. The van der Waals surface area contributed by atoms with Crippen LogP contribution in [0.1, 0.15) is 38.3 Å². The van der Waals surface area contributed by atoms with E-state index in [1.165, 1.54) is 12.0 Å². The number of nitrogens with one attached hydrogen (secondary N) is 1. The van der Waals surface area contributed by atoms with E-state index in [1.54, 1.807) is 18.4 Å². The third-order valence-electron chi connectivity index (χ3n) is 3.56. The first-order valence-electron chi connectivity index (χ1n) is 8.41. The minimum Gasteiger partial charge on any atom is -0.496 e. The zero-order chi connectivity index (χ0) is 19.0. The van der Waals surface area contributed by atoms with Crippen LogP contribution in [0, 0.1) is 13.8 Å². The lowest BCUT2D eigenvalue weighted by Crippen LogP contribution is -2.23. The van der Waals surface area contributed by atoms with E-state index >= 15 is 0 Å². The first-order chi connectivity index (χ1) is 11.9. The van der Waals surface area contributed by atoms with Crippen LogP contribution in [0.2, 0.25) is 0 Å². The van der Waals surface area contributed by atoms with Crippen molar-refractivity contribution in [2.45, 2.75) is 41.0 Å². The van der Waals surface area contributed by atoms with Crippen LogP contribution in [-0.2, 0) is 0 Å². The Bertz CT molecular complexity index is 836. The van der Waals surface area contributed by atoms with Gasteiger partial charge in [0.2, 0.25) is 0 Å². The molecular weight excluding hydrogens is 394 g/mol. The molecule has 1 aromatic heterocycles. The molecular formula is C21H28BrNOS. The molecule has 136 valence electrons. The van der Waals surface area contributed by atoms with Gasteiger partial charge >= 0.3 is 0 Å². The summed E-state index contributed by atoms with van der Waals surface area (Å²) in [7, 11) is 1.70. The minimum absolute atomic E-state index is 0.880. The van der Waals surface area contributed by atoms with Crippen molar-refractivity contribution in [2.75, 3.05) is 12.4 Å². The van der Waals surface area contributed by atoms with Crippen molar-refractivity contribution in [3.05, 3.63) is 55.0 Å². The second-order valence-electron chi connectivity index (χ2n) is 5.70. The van der Waals surface area contributed by atoms with Crippen LogP contribution in [0.15, 0.2) is 34.1 Å². The fourth-order valence-electron chi connectivity index (χ4n) is 2.29. The van der Waals surface area contributed by atoms with E-state index < -0.39 is 0 Å². The van der Waals surface area contributed by atoms with Crippen LogP contribution in [0.5, 0.6) is 5.75 Å². The Morgan fingerprint density at radius 3 is 2.40 bits per heavy atom. The lowest BCUT2D eigenvalue weighted by atomic mass is 10.1. The summed E-state index contributed by atoms with van der Waals surface area (Å²) in [6, 6.07) is 6.09. The van der Waals surface area contributed by atoms with Crippen molar-refractivity contribution in [1.29, 1.82) is 0 Å². The fourth-order valence-corrected chi connectivity index (χ4v) is 3.59. The minimum atomic E-state index is 0.880. The van der Waals surface area contributed by atoms with Crippen molar-refractivity contribution in [3.8, 4) is 5.75 Å². The van der Waals surface area contributed by atoms with Gasteiger partial charge in [-0.2, -0.15) is 0 Å². The number of benzene rings is 1. The lowest BCUT2D eigenvalue weighted by molar-refractivity contribution is 0.412. The number of thiophene rings is 1. The molecule has 1 heterocycles. The normalized spacial score (nSPS) is 12.2. The van der Waals surface area contributed by atoms with E-state index in [9.17, 15) is 0 Å². The second kappa shape index (κ2) is 10.5. The van der Waals surface area contributed by atoms with Crippen molar-refractivity contribution in [1.82, 2.24) is 0 Å². The van der Waals surface area contributed by atoms with Crippen LogP contribution in [0.3, 0.4) is 0 Å². The monoisotopic (exact) mass is 421 g/mol. The molecule has 0 saturated heterocycles. The molecule has 25 heavy (non-hydrogen) atoms. The molecule has 2 nitrogen and oxygen atoms in total. The van der Waals surface area contributed by atoms with Gasteiger partial charge in [-0.15, -0.1) is 11.3 Å². The fraction of sp³-hybridized carbons (Fsp3) is 0.333. The number of methoxy groups -OCH3 is 1. The van der Waals surface area contributed by atoms with Crippen molar-refractivity contribution < 1.29 is 4.74 Å². The van der Waals surface area contributed by atoms with Gasteiger partial charge in [0.15, 0.2) is 0 Å². The molecule has 4 heteroatoms. The number of allylic oxidation sites excluding steroid dienone is 1. The second-order valence-corrected chi connectivity index (χ2v) is 7.47. The largest absolute Gasteiger partial charge is 0.496 e. The number of hydrogen-bond donors (Lipinski definition) is 1. The van der Waals surface area contributed by atoms with Gasteiger partial charge in [-0.25, -0.2) is 0 Å². The number of halogens is 1. The highest BCUT2D eigenvalue weighted by Gasteiger charge is 2.12. The molecule has 0 radical (unpaired) electrons. The van der Waals surface area contributed by atoms with E-state index in [0.29, 0.717) is 0 Å². The molecule has 0 amide bonds. The highest BCUT2D eigenvalue weighted by Crippen LogP contribution is 2.31. The SMILES string of the molecule is C=c1ccs/c1=C(Nc1c(C)ccc(OC)c1C)/C(Br)=C\C.CCC. The van der Waals surface area contributed by atoms with Gasteiger partial charge in [0, 0.05) is 15.7 Å². The first-order valence-corrected chi connectivity index (χ1v) is 10.1. The molecule has 0 bridgehead atoms. The van der Waals surface area contributed by atoms with Crippen LogP contribution in [0.4, 0.5) is 5.69 Å². The summed E-state index contributed by atoms with van der Waals surface area (Å²) < 4.78 is 7.58. The third kappa shape index (κ3) is 5.48. The molecule has 1 aromatic carbocycles. The molecule has 2 aromatic rings. The zero-order valence-electron chi connectivity index (χ0n) is 16.0. The Labute approximate surface area is 164 Å². The zero-order valence-corrected chi connectivity index (χ0v) is 18.4. The molecule has 2 rings (SSSR count). The molecule has 0 aliphatic carbocycles. The van der Waals surface area contributed by atoms with Crippen LogP contribution in [0.25, 0.3) is 12.3 Å². The van der Waals surface area contributed by atoms with E-state index in [4.69, 9.17) is 4.74 Å². The van der Waals surface area contributed by atoms with Crippen molar-refractivity contribution >= 4 is 45.2 Å². The summed E-state index contributed by atoms with van der Waals surface area (Å²) in [6.07, 6.45) is 3.28. The number of rotatable bonds is 4. The number of aryl methyl sites for hydroxylation is 1. The quantitative estimate of drug-likeness (QED) is 0.681. The number of ether oxygens (including phenoxy) is 1. The van der Waals surface area contributed by atoms with Gasteiger partial charge in [0.05, 0.1) is 17.3 Å². The van der Waals surface area contributed by atoms with Gasteiger partial charge in [0.25, 0.3) is 0 Å². The maximum absolute atomic E-state index is 5.44. The first kappa shape index (κ1) is 21.5. The Balaban J connectivity index is 0.000000970. The summed E-state index contributed by atoms with van der Waals surface area (Å²) in [6.45, 7) is 14.5. The highest BCUT2D eigenvalue weighted by atomic mass is 79.9. The lowest BCUT2D eigenvalue weighted by Gasteiger charge is -2.17. The van der Waals surface area contributed by atoms with Gasteiger partial charge in [0.1, 0.15) is 5.75 Å². The van der Waals surface area contributed by atoms with Crippen molar-refractivity contribution in [3.63, 3.8) is 0 Å². The molecule has 0 spiro atoms. The smallest absolute Gasteiger partial charge is 0.123 e. The maximum Gasteiger partial charge on any atom is 0.123 e. The topological polar surface area (TPSA) is 21.3 Å². The van der Waals surface area contributed by atoms with Crippen LogP contribution >= 0.6 is 27.3 Å². The molecule has 0 atom stereocenters. The molecule has 0 aliphatic rings. The Morgan fingerprint density at radius 2 is 1.92 bits per heavy atom. The number of hydrogen-bond acceptors (Lipinski definition) is 3. The van der Waals surface area contributed by atoms with Crippen LogP contribution < -0.4 is 19.8 Å². The van der Waals surface area contributed by atoms with E-state index in [2.05, 4.69) is 67.0 Å². The van der Waals surface area contributed by atoms with Gasteiger partial charge in [-0.3, -0.25) is 0 Å². The average molecular weight is 422 g/mol. The summed E-state index contributed by atoms with van der Waals surface area (Å²) in [5.41, 5.74) is 4.37. The Kier molecular flexibility index (Phi) is 9.01. The van der Waals surface area contributed by atoms with Gasteiger partial charge in [-0.1, -0.05) is 39.0 Å². The highest BCUT2D eigenvalue weighted by molar-refractivity contribution is 9.12. The summed E-state index contributed by atoms with van der Waals surface area (Å²) in [5.74, 6) is 0.880. The predicted octanol–water partition coefficient (Wildman–Crippen LogP) is 5.72. The summed E-state index contributed by atoms with van der Waals surface area (Å²) >= 11 is 5.33. The van der Waals surface area contributed by atoms with Crippen molar-refractivity contribution in [2.24, 2.45) is 0 Å². The average Bonchev–Trinajstić information content (AvgIpc) is 3.01. The molecule has 0 aliphatic heterocycles. The van der Waals surface area contributed by atoms with E-state index in [-0.39, 0.29) is 0 Å². The summed E-state index contributed by atoms with van der Waals surface area (Å²) in [4.78, 5) is 0. The number of anilines is 1. The van der Waals surface area contributed by atoms with Gasteiger partial charge in [-0.05, 0) is 65.0 Å². The van der Waals surface area contributed by atoms with Crippen LogP contribution in [-0.4, -0.2) is 7.11 Å². The predicted molar refractivity (Wildman–Crippen MR) is 117 cm³/mol. The Morgan fingerprint density at radius 1 is 1.28 bits per heavy atom. The molecule has 0 unspecified atom stereocenters. The molecule has 0 saturated carbocycles. The third-order valence-corrected chi connectivity index (χ3v) is 5.39. The van der Waals surface area contributed by atoms with E-state index in [1.807, 2.05) is 25.1 Å². The summed E-state index contributed by atoms with van der Waals surface area (Å²) in [5, 5.41) is 6.65. The molecule has 1 N–H and O–H groups in total.